The lowest BCUT2D eigenvalue weighted by molar-refractivity contribution is 1.30. The highest BCUT2D eigenvalue weighted by atomic mass is 32.1. The van der Waals surface area contributed by atoms with Crippen LogP contribution in [0.3, 0.4) is 0 Å². The minimum absolute atomic E-state index is 1.12. The monoisotopic (exact) mass is 653 g/mol. The fraction of sp³-hybridized carbons (Fsp3) is 0. The number of nitrogens with zero attached hydrogens (tertiary/aromatic N) is 1. The van der Waals surface area contributed by atoms with Crippen LogP contribution in [0.25, 0.3) is 74.7 Å². The van der Waals surface area contributed by atoms with E-state index < -0.39 is 0 Å². The van der Waals surface area contributed by atoms with E-state index in [0.717, 1.165) is 11.4 Å². The van der Waals surface area contributed by atoms with E-state index in [-0.39, 0.29) is 0 Å². The topological polar surface area (TPSA) is 3.24 Å². The molecule has 9 aromatic carbocycles. The van der Waals surface area contributed by atoms with Crippen LogP contribution >= 0.6 is 11.3 Å². The minimum atomic E-state index is 1.12. The second kappa shape index (κ2) is 11.7. The molecule has 0 atom stereocenters. The van der Waals surface area contributed by atoms with E-state index in [0.29, 0.717) is 0 Å². The Morgan fingerprint density at radius 1 is 0.340 bits per heavy atom. The first-order chi connectivity index (χ1) is 24.8. The van der Waals surface area contributed by atoms with E-state index >= 15 is 0 Å². The maximum Gasteiger partial charge on any atom is 0.0554 e. The molecule has 0 radical (unpaired) electrons. The predicted octanol–water partition coefficient (Wildman–Crippen LogP) is 14.3. The Balaban J connectivity index is 1.16. The average Bonchev–Trinajstić information content (AvgIpc) is 3.55. The fourth-order valence-electron chi connectivity index (χ4n) is 7.62. The van der Waals surface area contributed by atoms with Crippen molar-refractivity contribution in [3.8, 4) is 22.3 Å². The molecule has 0 amide bonds. The van der Waals surface area contributed by atoms with Crippen molar-refractivity contribution >= 4 is 80.9 Å². The lowest BCUT2D eigenvalue weighted by atomic mass is 9.93. The summed E-state index contributed by atoms with van der Waals surface area (Å²) in [6.07, 6.45) is 0. The summed E-state index contributed by atoms with van der Waals surface area (Å²) in [5, 5.41) is 10.2. The van der Waals surface area contributed by atoms with Gasteiger partial charge >= 0.3 is 0 Å². The molecule has 0 unspecified atom stereocenters. The molecular formula is C48H31NS. The van der Waals surface area contributed by atoms with Gasteiger partial charge in [0.1, 0.15) is 0 Å². The van der Waals surface area contributed by atoms with Gasteiger partial charge in [0.2, 0.25) is 0 Å². The summed E-state index contributed by atoms with van der Waals surface area (Å²) in [6.45, 7) is 0. The zero-order valence-corrected chi connectivity index (χ0v) is 28.1. The Morgan fingerprint density at radius 2 is 0.920 bits per heavy atom. The Morgan fingerprint density at radius 3 is 1.66 bits per heavy atom. The maximum atomic E-state index is 2.43. The van der Waals surface area contributed by atoms with Crippen LogP contribution in [0, 0.1) is 0 Å². The zero-order chi connectivity index (χ0) is 33.0. The van der Waals surface area contributed by atoms with Gasteiger partial charge in [0, 0.05) is 31.5 Å². The minimum Gasteiger partial charge on any atom is -0.310 e. The maximum absolute atomic E-state index is 2.43. The second-order valence-electron chi connectivity index (χ2n) is 12.9. The summed E-state index contributed by atoms with van der Waals surface area (Å²) < 4.78 is 2.60. The molecule has 0 bridgehead atoms. The molecule has 2 heteroatoms. The van der Waals surface area contributed by atoms with Gasteiger partial charge in [-0.25, -0.2) is 0 Å². The standard InChI is InChI=1S/C48H31NS/c1-2-11-32(12-3-1)33-21-25-38(26-22-33)49(45-19-10-20-46-48(45)44-29-35-13-4-5-14-36(35)31-47(44)50-46)39-27-23-34(24-28-39)43-30-37-15-6-7-16-40(37)41-17-8-9-18-42(41)43/h1-31H. The van der Waals surface area contributed by atoms with E-state index in [2.05, 4.69) is 193 Å². The van der Waals surface area contributed by atoms with Crippen molar-refractivity contribution < 1.29 is 0 Å². The zero-order valence-electron chi connectivity index (χ0n) is 27.3. The quantitative estimate of drug-likeness (QED) is 0.167. The Bertz CT molecular complexity index is 2850. The molecule has 1 heterocycles. The fourth-order valence-corrected chi connectivity index (χ4v) is 8.78. The number of thiophene rings is 1. The molecule has 1 nitrogen and oxygen atoms in total. The highest BCUT2D eigenvalue weighted by Gasteiger charge is 2.19. The van der Waals surface area contributed by atoms with E-state index in [4.69, 9.17) is 0 Å². The third-order valence-electron chi connectivity index (χ3n) is 10.0. The lowest BCUT2D eigenvalue weighted by Crippen LogP contribution is -2.10. The predicted molar refractivity (Wildman–Crippen MR) is 217 cm³/mol. The molecule has 1 aromatic heterocycles. The van der Waals surface area contributed by atoms with Crippen molar-refractivity contribution in [3.05, 3.63) is 188 Å². The van der Waals surface area contributed by atoms with E-state index in [1.54, 1.807) is 0 Å². The van der Waals surface area contributed by atoms with Crippen LogP contribution in [0.1, 0.15) is 0 Å². The Hall–Kier alpha value is -6.22. The third-order valence-corrected chi connectivity index (χ3v) is 11.1. The van der Waals surface area contributed by atoms with E-state index in [9.17, 15) is 0 Å². The number of rotatable bonds is 5. The molecule has 50 heavy (non-hydrogen) atoms. The molecule has 0 aliphatic carbocycles. The van der Waals surface area contributed by atoms with Crippen molar-refractivity contribution in [1.29, 1.82) is 0 Å². The van der Waals surface area contributed by atoms with Crippen LogP contribution in [0.15, 0.2) is 188 Å². The van der Waals surface area contributed by atoms with Crippen molar-refractivity contribution in [2.75, 3.05) is 4.90 Å². The van der Waals surface area contributed by atoms with Crippen LogP contribution in [-0.4, -0.2) is 0 Å². The summed E-state index contributed by atoms with van der Waals surface area (Å²) in [4.78, 5) is 2.43. The first kappa shape index (κ1) is 28.8. The molecular weight excluding hydrogens is 623 g/mol. The molecule has 0 aliphatic heterocycles. The van der Waals surface area contributed by atoms with Crippen molar-refractivity contribution in [2.24, 2.45) is 0 Å². The summed E-state index contributed by atoms with van der Waals surface area (Å²) in [5.41, 5.74) is 8.32. The SMILES string of the molecule is c1ccc(-c2ccc(N(c3ccc(-c4cc5ccccc5c5ccccc45)cc3)c3cccc4sc5cc6ccccc6cc5c34)cc2)cc1. The molecule has 10 rings (SSSR count). The number of hydrogen-bond donors (Lipinski definition) is 0. The summed E-state index contributed by atoms with van der Waals surface area (Å²) in [6, 6.07) is 68.7. The van der Waals surface area contributed by atoms with Crippen LogP contribution in [0.5, 0.6) is 0 Å². The first-order valence-corrected chi connectivity index (χ1v) is 17.9. The summed E-state index contributed by atoms with van der Waals surface area (Å²) in [5.74, 6) is 0. The Labute approximate surface area is 294 Å². The highest BCUT2D eigenvalue weighted by molar-refractivity contribution is 7.26. The third kappa shape index (κ3) is 4.76. The molecule has 0 saturated carbocycles. The molecule has 10 aromatic rings. The molecule has 234 valence electrons. The van der Waals surface area contributed by atoms with Crippen LogP contribution in [-0.2, 0) is 0 Å². The van der Waals surface area contributed by atoms with E-state index in [1.807, 2.05) is 11.3 Å². The average molecular weight is 654 g/mol. The summed E-state index contributed by atoms with van der Waals surface area (Å²) in [7, 11) is 0. The van der Waals surface area contributed by atoms with Crippen molar-refractivity contribution in [1.82, 2.24) is 0 Å². The van der Waals surface area contributed by atoms with Gasteiger partial charge in [-0.05, 0) is 109 Å². The van der Waals surface area contributed by atoms with Gasteiger partial charge in [0.15, 0.2) is 0 Å². The van der Waals surface area contributed by atoms with Crippen LogP contribution < -0.4 is 4.90 Å². The largest absolute Gasteiger partial charge is 0.310 e. The molecule has 0 aliphatic rings. The normalized spacial score (nSPS) is 11.6. The Kier molecular flexibility index (Phi) is 6.75. The van der Waals surface area contributed by atoms with Gasteiger partial charge in [0.05, 0.1) is 5.69 Å². The van der Waals surface area contributed by atoms with Gasteiger partial charge in [0.25, 0.3) is 0 Å². The smallest absolute Gasteiger partial charge is 0.0554 e. The lowest BCUT2D eigenvalue weighted by Gasteiger charge is -2.27. The number of benzene rings is 9. The molecule has 0 fully saturated rings. The number of anilines is 3. The van der Waals surface area contributed by atoms with Gasteiger partial charge in [-0.15, -0.1) is 11.3 Å². The summed E-state index contributed by atoms with van der Waals surface area (Å²) >= 11 is 1.87. The van der Waals surface area contributed by atoms with Gasteiger partial charge < -0.3 is 4.90 Å². The van der Waals surface area contributed by atoms with Gasteiger partial charge in [-0.2, -0.15) is 0 Å². The first-order valence-electron chi connectivity index (χ1n) is 17.1. The highest BCUT2D eigenvalue weighted by Crippen LogP contribution is 2.46. The van der Waals surface area contributed by atoms with Gasteiger partial charge in [-0.3, -0.25) is 0 Å². The van der Waals surface area contributed by atoms with Crippen molar-refractivity contribution in [2.45, 2.75) is 0 Å². The van der Waals surface area contributed by atoms with Gasteiger partial charge in [-0.1, -0.05) is 133 Å². The molecule has 0 N–H and O–H groups in total. The number of hydrogen-bond acceptors (Lipinski definition) is 2. The van der Waals surface area contributed by atoms with E-state index in [1.165, 1.54) is 80.4 Å². The van der Waals surface area contributed by atoms with Crippen LogP contribution in [0.4, 0.5) is 17.1 Å². The second-order valence-corrected chi connectivity index (χ2v) is 14.0. The van der Waals surface area contributed by atoms with Crippen LogP contribution in [0.2, 0.25) is 0 Å². The number of fused-ring (bicyclic) bond motifs is 7. The molecule has 0 saturated heterocycles. The molecule has 0 spiro atoms. The van der Waals surface area contributed by atoms with Crippen molar-refractivity contribution in [3.63, 3.8) is 0 Å².